The van der Waals surface area contributed by atoms with Crippen molar-refractivity contribution in [2.24, 2.45) is 0 Å². The fourth-order valence-corrected chi connectivity index (χ4v) is 4.06. The Labute approximate surface area is 153 Å². The van der Waals surface area contributed by atoms with Gasteiger partial charge in [-0.05, 0) is 44.1 Å². The van der Waals surface area contributed by atoms with E-state index in [1.165, 1.54) is 6.92 Å². The molecule has 140 valence electrons. The third-order valence-electron chi connectivity index (χ3n) is 5.30. The Morgan fingerprint density at radius 2 is 2.08 bits per heavy atom. The SMILES string of the molecule is CC(=O)NC1CCCC(c2c(C(=O)O)cc(C)n3cc(C(C)C)nc23)C1. The van der Waals surface area contributed by atoms with Crippen LogP contribution in [-0.4, -0.2) is 32.4 Å². The fourth-order valence-electron chi connectivity index (χ4n) is 4.06. The van der Waals surface area contributed by atoms with Gasteiger partial charge in [0.25, 0.3) is 0 Å². The summed E-state index contributed by atoms with van der Waals surface area (Å²) < 4.78 is 2.01. The molecule has 0 radical (unpaired) electrons. The third-order valence-corrected chi connectivity index (χ3v) is 5.30. The van der Waals surface area contributed by atoms with E-state index in [4.69, 9.17) is 4.98 Å². The Bertz CT molecular complexity index is 854. The minimum absolute atomic E-state index is 0.0360. The number of pyridine rings is 1. The lowest BCUT2D eigenvalue weighted by atomic mass is 9.79. The van der Waals surface area contributed by atoms with Crippen LogP contribution in [0.25, 0.3) is 5.65 Å². The molecule has 2 unspecified atom stereocenters. The van der Waals surface area contributed by atoms with Crippen molar-refractivity contribution in [2.75, 3.05) is 0 Å². The number of aromatic carboxylic acids is 1. The Hall–Kier alpha value is -2.37. The number of carbonyl (C=O) groups is 2. The summed E-state index contributed by atoms with van der Waals surface area (Å²) in [5.41, 5.74) is 3.73. The van der Waals surface area contributed by atoms with E-state index in [1.807, 2.05) is 17.5 Å². The molecule has 1 amide bonds. The molecule has 0 bridgehead atoms. The molecule has 3 rings (SSSR count). The van der Waals surface area contributed by atoms with Crippen LogP contribution in [0.4, 0.5) is 0 Å². The molecule has 1 aliphatic rings. The third kappa shape index (κ3) is 3.45. The maximum atomic E-state index is 12.0. The lowest BCUT2D eigenvalue weighted by molar-refractivity contribution is -0.119. The van der Waals surface area contributed by atoms with Gasteiger partial charge in [0.2, 0.25) is 5.91 Å². The summed E-state index contributed by atoms with van der Waals surface area (Å²) in [5.74, 6) is -0.599. The standard InChI is InChI=1S/C20H27N3O3/c1-11(2)17-10-23-12(3)8-16(20(25)26)18(19(23)22-17)14-6-5-7-15(9-14)21-13(4)24/h8,10-11,14-15H,5-7,9H2,1-4H3,(H,21,24)(H,25,26). The van der Waals surface area contributed by atoms with Gasteiger partial charge < -0.3 is 14.8 Å². The van der Waals surface area contributed by atoms with E-state index in [2.05, 4.69) is 19.2 Å². The molecule has 0 saturated heterocycles. The van der Waals surface area contributed by atoms with Crippen molar-refractivity contribution in [1.82, 2.24) is 14.7 Å². The number of nitrogens with zero attached hydrogens (tertiary/aromatic N) is 2. The summed E-state index contributed by atoms with van der Waals surface area (Å²) in [7, 11) is 0. The predicted octanol–water partition coefficient (Wildman–Crippen LogP) is 3.63. The smallest absolute Gasteiger partial charge is 0.336 e. The normalized spacial score (nSPS) is 20.5. The number of aryl methyl sites for hydroxylation is 1. The fraction of sp³-hybridized carbons (Fsp3) is 0.550. The van der Waals surface area contributed by atoms with E-state index >= 15 is 0 Å². The zero-order valence-electron chi connectivity index (χ0n) is 15.9. The molecular weight excluding hydrogens is 330 g/mol. The van der Waals surface area contributed by atoms with Crippen LogP contribution < -0.4 is 5.32 Å². The predicted molar refractivity (Wildman–Crippen MR) is 99.8 cm³/mol. The van der Waals surface area contributed by atoms with Gasteiger partial charge in [0.1, 0.15) is 5.65 Å². The van der Waals surface area contributed by atoms with Gasteiger partial charge in [0.15, 0.2) is 0 Å². The van der Waals surface area contributed by atoms with Crippen molar-refractivity contribution in [3.05, 3.63) is 34.8 Å². The first kappa shape index (κ1) is 18.4. The number of carboxylic acids is 1. The summed E-state index contributed by atoms with van der Waals surface area (Å²) in [5, 5.41) is 12.8. The topological polar surface area (TPSA) is 83.7 Å². The first-order valence-electron chi connectivity index (χ1n) is 9.30. The molecule has 2 N–H and O–H groups in total. The van der Waals surface area contributed by atoms with Gasteiger partial charge in [-0.1, -0.05) is 20.3 Å². The number of rotatable bonds is 4. The van der Waals surface area contributed by atoms with Gasteiger partial charge in [-0.15, -0.1) is 0 Å². The number of imidazole rings is 1. The summed E-state index contributed by atoms with van der Waals surface area (Å²) >= 11 is 0. The summed E-state index contributed by atoms with van der Waals surface area (Å²) in [6, 6.07) is 1.84. The number of hydrogen-bond donors (Lipinski definition) is 2. The molecule has 6 nitrogen and oxygen atoms in total. The van der Waals surface area contributed by atoms with E-state index in [0.29, 0.717) is 5.56 Å². The molecule has 0 aliphatic heterocycles. The average Bonchev–Trinajstić information content (AvgIpc) is 3.00. The molecule has 6 heteroatoms. The minimum atomic E-state index is -0.915. The number of carbonyl (C=O) groups excluding carboxylic acids is 1. The average molecular weight is 357 g/mol. The van der Waals surface area contributed by atoms with Crippen LogP contribution in [0.3, 0.4) is 0 Å². The number of amides is 1. The highest BCUT2D eigenvalue weighted by atomic mass is 16.4. The molecule has 1 saturated carbocycles. The molecule has 2 heterocycles. The monoisotopic (exact) mass is 357 g/mol. The lowest BCUT2D eigenvalue weighted by Gasteiger charge is -2.30. The number of fused-ring (bicyclic) bond motifs is 1. The van der Waals surface area contributed by atoms with Crippen LogP contribution in [0, 0.1) is 6.92 Å². The Morgan fingerprint density at radius 1 is 1.35 bits per heavy atom. The van der Waals surface area contributed by atoms with E-state index in [0.717, 1.165) is 48.3 Å². The molecule has 2 aromatic rings. The number of nitrogens with one attached hydrogen (secondary N) is 1. The van der Waals surface area contributed by atoms with Crippen LogP contribution in [0.2, 0.25) is 0 Å². The highest BCUT2D eigenvalue weighted by molar-refractivity contribution is 5.92. The molecule has 2 aromatic heterocycles. The largest absolute Gasteiger partial charge is 0.478 e. The molecule has 0 spiro atoms. The quantitative estimate of drug-likeness (QED) is 0.875. The Kier molecular flexibility index (Phi) is 5.03. The first-order valence-corrected chi connectivity index (χ1v) is 9.30. The van der Waals surface area contributed by atoms with E-state index in [9.17, 15) is 14.7 Å². The number of aromatic nitrogens is 2. The van der Waals surface area contributed by atoms with E-state index in [1.54, 1.807) is 6.07 Å². The highest BCUT2D eigenvalue weighted by Crippen LogP contribution is 2.38. The van der Waals surface area contributed by atoms with E-state index in [-0.39, 0.29) is 23.8 Å². The van der Waals surface area contributed by atoms with Gasteiger partial charge in [-0.25, -0.2) is 9.78 Å². The van der Waals surface area contributed by atoms with Crippen molar-refractivity contribution in [3.63, 3.8) is 0 Å². The van der Waals surface area contributed by atoms with Gasteiger partial charge in [-0.3, -0.25) is 4.79 Å². The molecule has 1 aliphatic carbocycles. The maximum Gasteiger partial charge on any atom is 0.336 e. The molecule has 0 aromatic carbocycles. The molecule has 2 atom stereocenters. The first-order chi connectivity index (χ1) is 12.3. The van der Waals surface area contributed by atoms with Gasteiger partial charge in [-0.2, -0.15) is 0 Å². The molecular formula is C20H27N3O3. The minimum Gasteiger partial charge on any atom is -0.478 e. The van der Waals surface area contributed by atoms with Crippen molar-refractivity contribution in [3.8, 4) is 0 Å². The van der Waals surface area contributed by atoms with Crippen molar-refractivity contribution in [2.45, 2.75) is 71.3 Å². The summed E-state index contributed by atoms with van der Waals surface area (Å²) in [4.78, 5) is 28.2. The van der Waals surface area contributed by atoms with Crippen molar-refractivity contribution >= 4 is 17.5 Å². The van der Waals surface area contributed by atoms with Crippen LogP contribution in [-0.2, 0) is 4.79 Å². The second-order valence-corrected chi connectivity index (χ2v) is 7.69. The zero-order chi connectivity index (χ0) is 19.0. The maximum absolute atomic E-state index is 12.0. The summed E-state index contributed by atoms with van der Waals surface area (Å²) in [6.45, 7) is 7.61. The van der Waals surface area contributed by atoms with Crippen LogP contribution >= 0.6 is 0 Å². The van der Waals surface area contributed by atoms with Crippen LogP contribution in [0.1, 0.15) is 85.6 Å². The van der Waals surface area contributed by atoms with E-state index < -0.39 is 5.97 Å². The highest BCUT2D eigenvalue weighted by Gasteiger charge is 2.30. The van der Waals surface area contributed by atoms with Gasteiger partial charge in [0, 0.05) is 30.4 Å². The molecule has 1 fully saturated rings. The number of carboxylic acid groups (broad SMARTS) is 1. The van der Waals surface area contributed by atoms with Gasteiger partial charge in [0.05, 0.1) is 11.3 Å². The van der Waals surface area contributed by atoms with Crippen LogP contribution in [0.5, 0.6) is 0 Å². The zero-order valence-corrected chi connectivity index (χ0v) is 15.9. The second kappa shape index (κ2) is 7.09. The molecule has 26 heavy (non-hydrogen) atoms. The van der Waals surface area contributed by atoms with Gasteiger partial charge >= 0.3 is 5.97 Å². The second-order valence-electron chi connectivity index (χ2n) is 7.69. The van der Waals surface area contributed by atoms with Crippen LogP contribution in [0.15, 0.2) is 12.3 Å². The van der Waals surface area contributed by atoms with Crippen molar-refractivity contribution < 1.29 is 14.7 Å². The lowest BCUT2D eigenvalue weighted by Crippen LogP contribution is -2.36. The summed E-state index contributed by atoms with van der Waals surface area (Å²) in [6.07, 6.45) is 5.58. The Balaban J connectivity index is 2.13. The Morgan fingerprint density at radius 3 is 2.69 bits per heavy atom. The number of hydrogen-bond acceptors (Lipinski definition) is 3. The van der Waals surface area contributed by atoms with Crippen molar-refractivity contribution in [1.29, 1.82) is 0 Å².